The molecule has 1 aliphatic rings. The van der Waals surface area contributed by atoms with Crippen molar-refractivity contribution in [2.45, 2.75) is 88.5 Å². The van der Waals surface area contributed by atoms with Gasteiger partial charge in [-0.3, -0.25) is 0 Å². The lowest BCUT2D eigenvalue weighted by Gasteiger charge is -2.25. The number of aliphatic hydroxyl groups is 1. The molecule has 0 aromatic heterocycles. The normalized spacial score (nSPS) is 13.0. The summed E-state index contributed by atoms with van der Waals surface area (Å²) in [4.78, 5) is 12.7. The minimum atomic E-state index is -1.04. The van der Waals surface area contributed by atoms with Crippen LogP contribution in [0.15, 0.2) is 108 Å². The third-order valence-electron chi connectivity index (χ3n) is 7.10. The second-order valence-corrected chi connectivity index (χ2v) is 9.79. The molecule has 1 unspecified atom stereocenters. The van der Waals surface area contributed by atoms with Crippen LogP contribution < -0.4 is 9.47 Å². The number of allylic oxidation sites excluding steroid dienone is 3. The maximum Gasteiger partial charge on any atom is 0.332 e. The van der Waals surface area contributed by atoms with Gasteiger partial charge in [-0.25, -0.2) is 4.79 Å². The van der Waals surface area contributed by atoms with Gasteiger partial charge in [0, 0.05) is 12.3 Å². The largest absolute Gasteiger partial charge is 0.512 e. The molecule has 0 radical (unpaired) electrons. The van der Waals surface area contributed by atoms with Crippen molar-refractivity contribution in [2.75, 3.05) is 0 Å². The highest BCUT2D eigenvalue weighted by Gasteiger charge is 2.31. The van der Waals surface area contributed by atoms with Crippen LogP contribution in [0.4, 0.5) is 0 Å². The summed E-state index contributed by atoms with van der Waals surface area (Å²) in [5.74, 6) is 1.18. The fraction of sp³-hybridized carbons (Fsp3) is 0.310. The summed E-state index contributed by atoms with van der Waals surface area (Å²) in [5, 5.41) is 21.1. The van der Waals surface area contributed by atoms with Crippen molar-refractivity contribution in [2.24, 2.45) is 0 Å². The summed E-state index contributed by atoms with van der Waals surface area (Å²) in [6, 6.07) is 28.3. The zero-order chi connectivity index (χ0) is 35.5. The number of ether oxygens (including phenoxy) is 2. The molecule has 0 aliphatic heterocycles. The molecular formula is C42H54O5. The molecule has 1 atom stereocenters. The molecule has 5 heteroatoms. The SMILES string of the molecule is CC.CC.CC.CC.Cc1ccccc1Oc1cccc(C2=C(C(=O)O)C(c3cccc(Oc4cccc(C)c4C)c3)CC(O)=C2)c1. The van der Waals surface area contributed by atoms with E-state index >= 15 is 0 Å². The van der Waals surface area contributed by atoms with Crippen molar-refractivity contribution >= 4 is 11.5 Å². The highest BCUT2D eigenvalue weighted by Crippen LogP contribution is 2.42. The van der Waals surface area contributed by atoms with Crippen molar-refractivity contribution in [1.82, 2.24) is 0 Å². The van der Waals surface area contributed by atoms with E-state index in [-0.39, 0.29) is 17.8 Å². The van der Waals surface area contributed by atoms with E-state index in [1.165, 1.54) is 0 Å². The minimum absolute atomic E-state index is 0.117. The molecule has 0 fully saturated rings. The van der Waals surface area contributed by atoms with Crippen LogP contribution in [-0.2, 0) is 4.79 Å². The van der Waals surface area contributed by atoms with Gasteiger partial charge in [0.1, 0.15) is 23.0 Å². The number of carboxylic acids is 1. The number of aliphatic hydroxyl groups excluding tert-OH is 1. The van der Waals surface area contributed by atoms with E-state index in [9.17, 15) is 15.0 Å². The summed E-state index contributed by atoms with van der Waals surface area (Å²) in [6.07, 6.45) is 1.72. The smallest absolute Gasteiger partial charge is 0.332 e. The summed E-state index contributed by atoms with van der Waals surface area (Å²) in [7, 11) is 0. The van der Waals surface area contributed by atoms with Crippen LogP contribution in [0, 0.1) is 20.8 Å². The van der Waals surface area contributed by atoms with Gasteiger partial charge in [0.15, 0.2) is 0 Å². The van der Waals surface area contributed by atoms with Crippen molar-refractivity contribution in [3.05, 3.63) is 136 Å². The van der Waals surface area contributed by atoms with E-state index in [2.05, 4.69) is 0 Å². The zero-order valence-corrected chi connectivity index (χ0v) is 30.1. The first-order valence-electron chi connectivity index (χ1n) is 16.8. The average molecular weight is 639 g/mol. The monoisotopic (exact) mass is 638 g/mol. The third kappa shape index (κ3) is 10.9. The number of carboxylic acid groups (broad SMARTS) is 1. The van der Waals surface area contributed by atoms with Crippen molar-refractivity contribution in [1.29, 1.82) is 0 Å². The van der Waals surface area contributed by atoms with Gasteiger partial charge < -0.3 is 19.7 Å². The van der Waals surface area contributed by atoms with E-state index in [0.29, 0.717) is 22.6 Å². The van der Waals surface area contributed by atoms with Crippen LogP contribution >= 0.6 is 0 Å². The van der Waals surface area contributed by atoms with E-state index in [1.807, 2.05) is 161 Å². The predicted molar refractivity (Wildman–Crippen MR) is 198 cm³/mol. The fourth-order valence-corrected chi connectivity index (χ4v) is 4.87. The third-order valence-corrected chi connectivity index (χ3v) is 7.10. The Morgan fingerprint density at radius 3 is 1.83 bits per heavy atom. The second kappa shape index (κ2) is 21.1. The Hall–Kier alpha value is -4.77. The Balaban J connectivity index is 0.00000128. The van der Waals surface area contributed by atoms with Crippen molar-refractivity contribution in [3.8, 4) is 23.0 Å². The van der Waals surface area contributed by atoms with Gasteiger partial charge in [0.25, 0.3) is 0 Å². The molecule has 4 aromatic rings. The Labute approximate surface area is 283 Å². The number of benzene rings is 4. The molecule has 5 nitrogen and oxygen atoms in total. The van der Waals surface area contributed by atoms with Crippen LogP contribution in [0.3, 0.4) is 0 Å². The number of carbonyl (C=O) groups is 1. The van der Waals surface area contributed by atoms with Gasteiger partial charge in [0.05, 0.1) is 11.3 Å². The van der Waals surface area contributed by atoms with E-state index in [0.717, 1.165) is 33.8 Å². The van der Waals surface area contributed by atoms with Gasteiger partial charge in [-0.05, 0) is 96.6 Å². The molecule has 0 saturated carbocycles. The van der Waals surface area contributed by atoms with Crippen molar-refractivity contribution < 1.29 is 24.5 Å². The van der Waals surface area contributed by atoms with Crippen LogP contribution in [0.2, 0.25) is 0 Å². The molecule has 0 spiro atoms. The molecule has 0 saturated heterocycles. The van der Waals surface area contributed by atoms with Crippen LogP contribution in [0.5, 0.6) is 23.0 Å². The lowest BCUT2D eigenvalue weighted by Crippen LogP contribution is -2.17. The molecular weight excluding hydrogens is 584 g/mol. The molecule has 4 aromatic carbocycles. The Bertz CT molecular complexity index is 1610. The molecule has 1 aliphatic carbocycles. The Morgan fingerprint density at radius 2 is 1.19 bits per heavy atom. The van der Waals surface area contributed by atoms with Gasteiger partial charge >= 0.3 is 5.97 Å². The maximum absolute atomic E-state index is 12.7. The van der Waals surface area contributed by atoms with Gasteiger partial charge in [-0.15, -0.1) is 0 Å². The first kappa shape index (κ1) is 40.3. The van der Waals surface area contributed by atoms with Gasteiger partial charge in [-0.1, -0.05) is 110 Å². The lowest BCUT2D eigenvalue weighted by atomic mass is 9.79. The van der Waals surface area contributed by atoms with Crippen LogP contribution in [0.25, 0.3) is 5.57 Å². The van der Waals surface area contributed by atoms with E-state index < -0.39 is 11.9 Å². The topological polar surface area (TPSA) is 76.0 Å². The second-order valence-electron chi connectivity index (χ2n) is 9.79. The van der Waals surface area contributed by atoms with Crippen LogP contribution in [0.1, 0.15) is 95.5 Å². The Morgan fingerprint density at radius 1 is 0.660 bits per heavy atom. The van der Waals surface area contributed by atoms with Gasteiger partial charge in [0.2, 0.25) is 0 Å². The zero-order valence-electron chi connectivity index (χ0n) is 30.1. The highest BCUT2D eigenvalue weighted by atomic mass is 16.5. The summed E-state index contributed by atoms with van der Waals surface area (Å²) >= 11 is 0. The number of aryl methyl sites for hydroxylation is 2. The number of hydrogen-bond acceptors (Lipinski definition) is 4. The molecule has 0 bridgehead atoms. The lowest BCUT2D eigenvalue weighted by molar-refractivity contribution is -0.132. The average Bonchev–Trinajstić information content (AvgIpc) is 3.11. The molecule has 47 heavy (non-hydrogen) atoms. The van der Waals surface area contributed by atoms with E-state index in [1.54, 1.807) is 12.1 Å². The Kier molecular flexibility index (Phi) is 18.1. The number of rotatable bonds is 7. The summed E-state index contributed by atoms with van der Waals surface area (Å²) < 4.78 is 12.3. The van der Waals surface area contributed by atoms with Gasteiger partial charge in [-0.2, -0.15) is 0 Å². The first-order valence-corrected chi connectivity index (χ1v) is 16.8. The standard InChI is InChI=1S/C34H30O5.4C2H6/c1-21-10-6-16-32(23(21)3)39-28-14-8-12-25(18-28)30-20-26(35)19-29(33(30)34(36)37)24-11-7-13-27(17-24)38-31-15-5-4-9-22(31)2;4*1-2/h4-19,30,35H,20H2,1-3H3,(H,36,37);4*1-2H3. The quantitative estimate of drug-likeness (QED) is 0.211. The first-order chi connectivity index (χ1) is 22.8. The van der Waals surface area contributed by atoms with Crippen molar-refractivity contribution in [3.63, 3.8) is 0 Å². The minimum Gasteiger partial charge on any atom is -0.512 e. The fourth-order valence-electron chi connectivity index (χ4n) is 4.87. The number of hydrogen-bond donors (Lipinski definition) is 2. The maximum atomic E-state index is 12.7. The summed E-state index contributed by atoms with van der Waals surface area (Å²) in [5.41, 5.74) is 5.23. The highest BCUT2D eigenvalue weighted by molar-refractivity contribution is 6.01. The molecule has 252 valence electrons. The molecule has 0 amide bonds. The summed E-state index contributed by atoms with van der Waals surface area (Å²) in [6.45, 7) is 22.0. The van der Waals surface area contributed by atoms with Crippen LogP contribution in [-0.4, -0.2) is 16.2 Å². The molecule has 2 N–H and O–H groups in total. The number of aliphatic carboxylic acids is 1. The molecule has 5 rings (SSSR count). The van der Waals surface area contributed by atoms with E-state index in [4.69, 9.17) is 9.47 Å². The molecule has 0 heterocycles. The number of para-hydroxylation sites is 1. The predicted octanol–water partition coefficient (Wildman–Crippen LogP) is 12.8.